The van der Waals surface area contributed by atoms with Gasteiger partial charge in [-0.25, -0.2) is 4.98 Å². The van der Waals surface area contributed by atoms with Crippen molar-refractivity contribution in [3.63, 3.8) is 0 Å². The first kappa shape index (κ1) is 21.4. The van der Waals surface area contributed by atoms with Crippen molar-refractivity contribution in [3.8, 4) is 5.75 Å². The second-order valence-electron chi connectivity index (χ2n) is 7.99. The van der Waals surface area contributed by atoms with Crippen LogP contribution in [0.4, 0.5) is 5.69 Å². The lowest BCUT2D eigenvalue weighted by atomic mass is 10.1. The SMILES string of the molecule is COc1cccc(N2CCN(C(=O)c3ccc(SCc4cn5ccccc5n4)cc3)CC2)c1. The Bertz CT molecular complexity index is 1210. The van der Waals surface area contributed by atoms with Crippen LogP contribution in [0.15, 0.2) is 84.0 Å². The molecule has 33 heavy (non-hydrogen) atoms. The highest BCUT2D eigenvalue weighted by atomic mass is 32.2. The van der Waals surface area contributed by atoms with Crippen molar-refractivity contribution in [1.29, 1.82) is 0 Å². The van der Waals surface area contributed by atoms with Crippen molar-refractivity contribution in [2.75, 3.05) is 38.2 Å². The highest BCUT2D eigenvalue weighted by molar-refractivity contribution is 7.98. The third kappa shape index (κ3) is 4.83. The highest BCUT2D eigenvalue weighted by Gasteiger charge is 2.22. The quantitative estimate of drug-likeness (QED) is 0.395. The van der Waals surface area contributed by atoms with Crippen LogP contribution in [0.25, 0.3) is 5.65 Å². The van der Waals surface area contributed by atoms with Gasteiger partial charge in [0.2, 0.25) is 0 Å². The Kier molecular flexibility index (Phi) is 6.21. The number of hydrogen-bond acceptors (Lipinski definition) is 5. The van der Waals surface area contributed by atoms with E-state index < -0.39 is 0 Å². The average Bonchev–Trinajstić information content (AvgIpc) is 3.31. The molecule has 0 unspecified atom stereocenters. The highest BCUT2D eigenvalue weighted by Crippen LogP contribution is 2.25. The Morgan fingerprint density at radius 2 is 1.82 bits per heavy atom. The van der Waals surface area contributed by atoms with Crippen molar-refractivity contribution in [1.82, 2.24) is 14.3 Å². The molecule has 0 bridgehead atoms. The number of amides is 1. The number of carbonyl (C=O) groups is 1. The lowest BCUT2D eigenvalue weighted by Crippen LogP contribution is -2.48. The zero-order chi connectivity index (χ0) is 22.6. The minimum Gasteiger partial charge on any atom is -0.497 e. The number of methoxy groups -OCH3 is 1. The van der Waals surface area contributed by atoms with E-state index in [1.54, 1.807) is 18.9 Å². The van der Waals surface area contributed by atoms with Gasteiger partial charge < -0.3 is 18.9 Å². The molecule has 1 fully saturated rings. The van der Waals surface area contributed by atoms with Gasteiger partial charge in [0.25, 0.3) is 5.91 Å². The molecule has 0 atom stereocenters. The first-order valence-electron chi connectivity index (χ1n) is 11.0. The number of hydrogen-bond donors (Lipinski definition) is 0. The van der Waals surface area contributed by atoms with Gasteiger partial charge in [0.05, 0.1) is 12.8 Å². The minimum absolute atomic E-state index is 0.0946. The van der Waals surface area contributed by atoms with Crippen LogP contribution in [0.3, 0.4) is 0 Å². The monoisotopic (exact) mass is 458 g/mol. The molecule has 0 N–H and O–H groups in total. The maximum atomic E-state index is 13.0. The number of benzene rings is 2. The van der Waals surface area contributed by atoms with Gasteiger partial charge in [0.15, 0.2) is 0 Å². The molecule has 2 aromatic carbocycles. The number of anilines is 1. The molecule has 3 heterocycles. The van der Waals surface area contributed by atoms with Gasteiger partial charge in [0, 0.05) is 66.5 Å². The number of ether oxygens (including phenoxy) is 1. The molecule has 1 aliphatic rings. The zero-order valence-electron chi connectivity index (χ0n) is 18.6. The predicted molar refractivity (Wildman–Crippen MR) is 132 cm³/mol. The first-order valence-corrected chi connectivity index (χ1v) is 12.0. The van der Waals surface area contributed by atoms with Crippen LogP contribution in [0.1, 0.15) is 16.1 Å². The van der Waals surface area contributed by atoms with Crippen molar-refractivity contribution < 1.29 is 9.53 Å². The summed E-state index contributed by atoms with van der Waals surface area (Å²) in [7, 11) is 1.68. The summed E-state index contributed by atoms with van der Waals surface area (Å²) in [6.07, 6.45) is 4.07. The van der Waals surface area contributed by atoms with E-state index in [1.807, 2.05) is 76.2 Å². The Morgan fingerprint density at radius 1 is 1.00 bits per heavy atom. The number of carbonyl (C=O) groups excluding carboxylic acids is 1. The standard InChI is InChI=1S/C26H26N4O2S/c1-32-23-6-4-5-22(17-23)28-13-15-29(16-14-28)26(31)20-8-10-24(11-9-20)33-19-21-18-30-12-3-2-7-25(30)27-21/h2-12,17-18H,13-16,19H2,1H3. The third-order valence-corrected chi connectivity index (χ3v) is 6.93. The first-order chi connectivity index (χ1) is 16.2. The number of aromatic nitrogens is 2. The summed E-state index contributed by atoms with van der Waals surface area (Å²) in [5, 5.41) is 0. The molecule has 0 saturated carbocycles. The van der Waals surface area contributed by atoms with Crippen LogP contribution in [-0.2, 0) is 5.75 Å². The number of imidazole rings is 1. The zero-order valence-corrected chi connectivity index (χ0v) is 19.4. The largest absolute Gasteiger partial charge is 0.497 e. The fraction of sp³-hybridized carbons (Fsp3) is 0.231. The summed E-state index contributed by atoms with van der Waals surface area (Å²) in [5.41, 5.74) is 3.87. The van der Waals surface area contributed by atoms with Crippen LogP contribution >= 0.6 is 11.8 Å². The summed E-state index contributed by atoms with van der Waals surface area (Å²) in [6, 6.07) is 22.0. The van der Waals surface area contributed by atoms with Crippen molar-refractivity contribution in [2.24, 2.45) is 0 Å². The topological polar surface area (TPSA) is 50.1 Å². The van der Waals surface area contributed by atoms with Gasteiger partial charge in [-0.3, -0.25) is 4.79 Å². The normalized spacial score (nSPS) is 14.0. The van der Waals surface area contributed by atoms with E-state index in [2.05, 4.69) is 22.1 Å². The molecule has 1 aliphatic heterocycles. The number of rotatable bonds is 6. The van der Waals surface area contributed by atoms with E-state index in [-0.39, 0.29) is 5.91 Å². The summed E-state index contributed by atoms with van der Waals surface area (Å²) in [4.78, 5) is 23.0. The molecule has 168 valence electrons. The van der Waals surface area contributed by atoms with E-state index in [0.717, 1.165) is 52.1 Å². The van der Waals surface area contributed by atoms with E-state index in [0.29, 0.717) is 13.1 Å². The van der Waals surface area contributed by atoms with Crippen molar-refractivity contribution in [2.45, 2.75) is 10.6 Å². The van der Waals surface area contributed by atoms with Crippen LogP contribution in [-0.4, -0.2) is 53.5 Å². The number of thioether (sulfide) groups is 1. The molecule has 0 spiro atoms. The van der Waals surface area contributed by atoms with Crippen LogP contribution in [0.2, 0.25) is 0 Å². The van der Waals surface area contributed by atoms with E-state index >= 15 is 0 Å². The lowest BCUT2D eigenvalue weighted by molar-refractivity contribution is 0.0746. The summed E-state index contributed by atoms with van der Waals surface area (Å²) >= 11 is 1.73. The van der Waals surface area contributed by atoms with Crippen LogP contribution in [0.5, 0.6) is 5.75 Å². The van der Waals surface area contributed by atoms with Gasteiger partial charge in [-0.2, -0.15) is 0 Å². The maximum absolute atomic E-state index is 13.0. The second-order valence-corrected chi connectivity index (χ2v) is 9.04. The second kappa shape index (κ2) is 9.58. The van der Waals surface area contributed by atoms with Gasteiger partial charge in [-0.1, -0.05) is 12.1 Å². The number of fused-ring (bicyclic) bond motifs is 1. The maximum Gasteiger partial charge on any atom is 0.253 e. The summed E-state index contributed by atoms with van der Waals surface area (Å²) < 4.78 is 7.36. The molecule has 0 radical (unpaired) electrons. The molecule has 1 amide bonds. The van der Waals surface area contributed by atoms with Gasteiger partial charge in [-0.05, 0) is 48.5 Å². The molecule has 1 saturated heterocycles. The molecule has 4 aromatic rings. The molecule has 0 aliphatic carbocycles. The number of piperazine rings is 1. The Morgan fingerprint density at radius 3 is 2.58 bits per heavy atom. The van der Waals surface area contributed by atoms with Gasteiger partial charge in [0.1, 0.15) is 11.4 Å². The average molecular weight is 459 g/mol. The molecule has 6 nitrogen and oxygen atoms in total. The Balaban J connectivity index is 1.16. The molecule has 2 aromatic heterocycles. The number of nitrogens with zero attached hydrogens (tertiary/aromatic N) is 4. The fourth-order valence-corrected chi connectivity index (χ4v) is 4.85. The van der Waals surface area contributed by atoms with Crippen molar-refractivity contribution in [3.05, 3.63) is 90.4 Å². The third-order valence-electron chi connectivity index (χ3n) is 5.89. The van der Waals surface area contributed by atoms with Gasteiger partial charge >= 0.3 is 0 Å². The van der Waals surface area contributed by atoms with E-state index in [1.165, 1.54) is 0 Å². The van der Waals surface area contributed by atoms with Gasteiger partial charge in [-0.15, -0.1) is 11.8 Å². The predicted octanol–water partition coefficient (Wildman–Crippen LogP) is 4.60. The lowest BCUT2D eigenvalue weighted by Gasteiger charge is -2.36. The Hall–Kier alpha value is -3.45. The molecule has 5 rings (SSSR count). The molecular formula is C26H26N4O2S. The molecule has 7 heteroatoms. The van der Waals surface area contributed by atoms with Crippen LogP contribution < -0.4 is 9.64 Å². The van der Waals surface area contributed by atoms with Crippen molar-refractivity contribution >= 4 is 29.0 Å². The van der Waals surface area contributed by atoms with E-state index in [4.69, 9.17) is 4.74 Å². The summed E-state index contributed by atoms with van der Waals surface area (Å²) in [6.45, 7) is 3.04. The van der Waals surface area contributed by atoms with Crippen LogP contribution in [0, 0.1) is 0 Å². The minimum atomic E-state index is 0.0946. The number of pyridine rings is 1. The Labute approximate surface area is 197 Å². The fourth-order valence-electron chi connectivity index (χ4n) is 4.07. The van der Waals surface area contributed by atoms with E-state index in [9.17, 15) is 4.79 Å². The molecular weight excluding hydrogens is 432 g/mol. The summed E-state index contributed by atoms with van der Waals surface area (Å²) in [5.74, 6) is 1.74. The smallest absolute Gasteiger partial charge is 0.253 e.